The van der Waals surface area contributed by atoms with Crippen LogP contribution in [-0.4, -0.2) is 41.9 Å². The zero-order valence-electron chi connectivity index (χ0n) is 15.2. The number of amides is 1. The molecule has 1 aliphatic rings. The van der Waals surface area contributed by atoms with E-state index in [9.17, 15) is 13.2 Å². The number of nitrogens with one attached hydrogen (secondary N) is 1. The summed E-state index contributed by atoms with van der Waals surface area (Å²) in [4.78, 5) is 23.1. The number of hydrogen-bond donors (Lipinski definition) is 1. The van der Waals surface area contributed by atoms with Gasteiger partial charge in [0.15, 0.2) is 0 Å². The monoisotopic (exact) mass is 397 g/mol. The molecule has 0 fully saturated rings. The maximum Gasteiger partial charge on any atom is 0.259 e. The fourth-order valence-corrected chi connectivity index (χ4v) is 4.29. The molecule has 28 heavy (non-hydrogen) atoms. The number of sulfonamides is 1. The predicted molar refractivity (Wildman–Crippen MR) is 104 cm³/mol. The van der Waals surface area contributed by atoms with Crippen molar-refractivity contribution in [1.29, 1.82) is 0 Å². The second kappa shape index (κ2) is 7.17. The van der Waals surface area contributed by atoms with E-state index < -0.39 is 10.0 Å². The molecule has 0 atom stereocenters. The van der Waals surface area contributed by atoms with Gasteiger partial charge in [0.2, 0.25) is 10.0 Å². The molecule has 0 saturated heterocycles. The van der Waals surface area contributed by atoms with Crippen molar-refractivity contribution in [3.63, 3.8) is 0 Å². The Morgan fingerprint density at radius 3 is 2.79 bits per heavy atom. The lowest BCUT2D eigenvalue weighted by Crippen LogP contribution is -2.29. The van der Waals surface area contributed by atoms with Gasteiger partial charge in [0.25, 0.3) is 5.91 Å². The van der Waals surface area contributed by atoms with Gasteiger partial charge in [-0.15, -0.1) is 0 Å². The fraction of sp³-hybridized carbons (Fsp3) is 0.211. The first-order valence-corrected chi connectivity index (χ1v) is 10.4. The van der Waals surface area contributed by atoms with Crippen LogP contribution in [0.15, 0.2) is 60.1 Å². The highest BCUT2D eigenvalue weighted by Gasteiger charge is 2.27. The molecule has 9 heteroatoms. The molecule has 0 spiro atoms. The zero-order chi connectivity index (χ0) is 19.7. The Kier molecular flexibility index (Phi) is 4.70. The van der Waals surface area contributed by atoms with Gasteiger partial charge in [0.05, 0.1) is 10.5 Å². The Bertz CT molecular complexity index is 1110. The lowest BCUT2D eigenvalue weighted by molar-refractivity contribution is 0.0989. The van der Waals surface area contributed by atoms with Gasteiger partial charge in [-0.25, -0.2) is 23.1 Å². The van der Waals surface area contributed by atoms with Crippen LogP contribution in [0.5, 0.6) is 0 Å². The molecule has 0 bridgehead atoms. The summed E-state index contributed by atoms with van der Waals surface area (Å²) in [6.45, 7) is 2.53. The van der Waals surface area contributed by atoms with Crippen LogP contribution in [0.4, 0.5) is 5.69 Å². The molecular weight excluding hydrogens is 378 g/mol. The van der Waals surface area contributed by atoms with E-state index in [1.165, 1.54) is 6.20 Å². The molecule has 1 N–H and O–H groups in total. The van der Waals surface area contributed by atoms with Gasteiger partial charge in [-0.2, -0.15) is 0 Å². The van der Waals surface area contributed by atoms with E-state index in [2.05, 4.69) is 14.7 Å². The Hall–Kier alpha value is -3.04. The first-order chi connectivity index (χ1) is 13.5. The number of rotatable bonds is 5. The Labute approximate surface area is 162 Å². The average molecular weight is 397 g/mol. The summed E-state index contributed by atoms with van der Waals surface area (Å²) in [6.07, 6.45) is 7.26. The third kappa shape index (κ3) is 3.30. The van der Waals surface area contributed by atoms with Crippen LogP contribution >= 0.6 is 0 Å². The van der Waals surface area contributed by atoms with Crippen LogP contribution in [-0.2, 0) is 16.4 Å². The molecule has 1 aliphatic heterocycles. The summed E-state index contributed by atoms with van der Waals surface area (Å²) in [7, 11) is -3.59. The highest BCUT2D eigenvalue weighted by atomic mass is 32.2. The normalized spacial score (nSPS) is 13.5. The highest BCUT2D eigenvalue weighted by molar-refractivity contribution is 7.89. The van der Waals surface area contributed by atoms with E-state index in [0.29, 0.717) is 36.6 Å². The maximum absolute atomic E-state index is 13.0. The van der Waals surface area contributed by atoms with Gasteiger partial charge in [0, 0.05) is 37.4 Å². The molecule has 1 aromatic carbocycles. The molecule has 2 aromatic heterocycles. The Morgan fingerprint density at radius 2 is 2.11 bits per heavy atom. The molecule has 1 amide bonds. The number of carbonyl (C=O) groups is 1. The number of anilines is 1. The number of carbonyl (C=O) groups excluding carboxylic acids is 1. The van der Waals surface area contributed by atoms with Gasteiger partial charge in [-0.3, -0.25) is 9.36 Å². The van der Waals surface area contributed by atoms with Crippen molar-refractivity contribution < 1.29 is 13.2 Å². The zero-order valence-corrected chi connectivity index (χ0v) is 16.1. The number of imidazole rings is 1. The Balaban J connectivity index is 1.62. The largest absolute Gasteiger partial charge is 0.308 e. The molecule has 0 aliphatic carbocycles. The minimum Gasteiger partial charge on any atom is -0.308 e. The first kappa shape index (κ1) is 18.3. The summed E-state index contributed by atoms with van der Waals surface area (Å²) in [5.74, 6) is 0.455. The second-order valence-corrected chi connectivity index (χ2v) is 8.14. The van der Waals surface area contributed by atoms with Crippen molar-refractivity contribution in [2.45, 2.75) is 18.2 Å². The van der Waals surface area contributed by atoms with Gasteiger partial charge >= 0.3 is 0 Å². The average Bonchev–Trinajstić information content (AvgIpc) is 3.37. The van der Waals surface area contributed by atoms with E-state index >= 15 is 0 Å². The quantitative estimate of drug-likeness (QED) is 0.708. The summed E-state index contributed by atoms with van der Waals surface area (Å²) < 4.78 is 28.8. The lowest BCUT2D eigenvalue weighted by Gasteiger charge is -2.18. The van der Waals surface area contributed by atoms with E-state index in [1.807, 2.05) is 0 Å². The SMILES string of the molecule is CCNS(=O)(=O)c1ccc2c(c1)N(C(=O)c1ccc(-n3ccnc3)nc1)CC2. The lowest BCUT2D eigenvalue weighted by atomic mass is 10.2. The molecule has 3 heterocycles. The number of fused-ring (bicyclic) bond motifs is 1. The van der Waals surface area contributed by atoms with Crippen LogP contribution in [0, 0.1) is 0 Å². The van der Waals surface area contributed by atoms with E-state index in [0.717, 1.165) is 5.56 Å². The Morgan fingerprint density at radius 1 is 1.25 bits per heavy atom. The molecule has 3 aromatic rings. The number of pyridine rings is 1. The number of nitrogens with zero attached hydrogens (tertiary/aromatic N) is 4. The van der Waals surface area contributed by atoms with Crippen LogP contribution in [0.1, 0.15) is 22.8 Å². The number of benzene rings is 1. The minimum atomic E-state index is -3.59. The molecule has 0 saturated carbocycles. The smallest absolute Gasteiger partial charge is 0.259 e. The third-order valence-corrected chi connectivity index (χ3v) is 6.15. The number of hydrogen-bond acceptors (Lipinski definition) is 5. The first-order valence-electron chi connectivity index (χ1n) is 8.88. The van der Waals surface area contributed by atoms with Crippen molar-refractivity contribution in [2.24, 2.45) is 0 Å². The van der Waals surface area contributed by atoms with Gasteiger partial charge in [-0.1, -0.05) is 13.0 Å². The predicted octanol–water partition coefficient (Wildman–Crippen LogP) is 1.77. The van der Waals surface area contributed by atoms with Crippen LogP contribution in [0.2, 0.25) is 0 Å². The molecule has 144 valence electrons. The second-order valence-electron chi connectivity index (χ2n) is 6.37. The topological polar surface area (TPSA) is 97.2 Å². The van der Waals surface area contributed by atoms with Gasteiger partial charge in [-0.05, 0) is 36.2 Å². The molecular formula is C19H19N5O3S. The molecule has 4 rings (SSSR count). The summed E-state index contributed by atoms with van der Waals surface area (Å²) in [5.41, 5.74) is 2.02. The van der Waals surface area contributed by atoms with Gasteiger partial charge in [0.1, 0.15) is 12.1 Å². The van der Waals surface area contributed by atoms with E-state index in [1.54, 1.807) is 65.4 Å². The molecule has 8 nitrogen and oxygen atoms in total. The van der Waals surface area contributed by atoms with Crippen LogP contribution < -0.4 is 9.62 Å². The molecule has 0 unspecified atom stereocenters. The van der Waals surface area contributed by atoms with Crippen molar-refractivity contribution >= 4 is 21.6 Å². The van der Waals surface area contributed by atoms with Crippen molar-refractivity contribution in [1.82, 2.24) is 19.3 Å². The maximum atomic E-state index is 13.0. The third-order valence-electron chi connectivity index (χ3n) is 4.61. The summed E-state index contributed by atoms with van der Waals surface area (Å²) in [5, 5.41) is 0. The van der Waals surface area contributed by atoms with Crippen molar-refractivity contribution in [2.75, 3.05) is 18.0 Å². The number of aromatic nitrogens is 3. The van der Waals surface area contributed by atoms with Gasteiger partial charge < -0.3 is 4.90 Å². The van der Waals surface area contributed by atoms with E-state index in [-0.39, 0.29) is 10.8 Å². The highest BCUT2D eigenvalue weighted by Crippen LogP contribution is 2.31. The summed E-state index contributed by atoms with van der Waals surface area (Å²) in [6, 6.07) is 8.37. The van der Waals surface area contributed by atoms with Crippen molar-refractivity contribution in [3.8, 4) is 5.82 Å². The summed E-state index contributed by atoms with van der Waals surface area (Å²) >= 11 is 0. The minimum absolute atomic E-state index is 0.154. The standard InChI is InChI=1S/C19H19N5O3S/c1-2-22-28(26,27)16-5-3-14-7-9-24(17(14)11-16)19(25)15-4-6-18(21-12-15)23-10-8-20-13-23/h3-6,8,10-13,22H,2,7,9H2,1H3. The fourth-order valence-electron chi connectivity index (χ4n) is 3.23. The van der Waals surface area contributed by atoms with Crippen molar-refractivity contribution in [3.05, 3.63) is 66.4 Å². The molecule has 0 radical (unpaired) electrons. The van der Waals surface area contributed by atoms with E-state index in [4.69, 9.17) is 0 Å². The van der Waals surface area contributed by atoms with Crippen LogP contribution in [0.25, 0.3) is 5.82 Å². The van der Waals surface area contributed by atoms with Crippen LogP contribution in [0.3, 0.4) is 0 Å².